The molecule has 0 saturated carbocycles. The molecule has 0 amide bonds. The first-order valence-corrected chi connectivity index (χ1v) is 6.60. The van der Waals surface area contributed by atoms with Crippen molar-refractivity contribution in [1.82, 2.24) is 0 Å². The summed E-state index contributed by atoms with van der Waals surface area (Å²) in [5, 5.41) is 9.17. The number of hydrogen-bond donors (Lipinski definition) is 1. The molecule has 0 heterocycles. The van der Waals surface area contributed by atoms with Crippen molar-refractivity contribution in [3.8, 4) is 5.75 Å². The van der Waals surface area contributed by atoms with Gasteiger partial charge >= 0.3 is 0 Å². The van der Waals surface area contributed by atoms with Gasteiger partial charge in [-0.05, 0) is 45.0 Å². The van der Waals surface area contributed by atoms with E-state index >= 15 is 0 Å². The van der Waals surface area contributed by atoms with Crippen molar-refractivity contribution in [2.45, 2.75) is 44.5 Å². The van der Waals surface area contributed by atoms with Crippen LogP contribution in [0.25, 0.3) is 0 Å². The molecule has 0 aromatic heterocycles. The molecule has 1 atom stereocenters. The standard InChI is InChI=1S/C14H22O2S/c1-4-5-13(10-15)16-12-8-6-11(7-9-12)14(2,3)17/h6-9,13,15,17H,4-5,10H2,1-3H3/p+1. The Labute approximate surface area is 109 Å². The van der Waals surface area contributed by atoms with Gasteiger partial charge in [0.15, 0.2) is 0 Å². The molecule has 1 aromatic carbocycles. The molecule has 0 saturated heterocycles. The van der Waals surface area contributed by atoms with Gasteiger partial charge in [0.2, 0.25) is 0 Å². The number of ether oxygens (including phenoxy) is 1. The van der Waals surface area contributed by atoms with Gasteiger partial charge in [-0.1, -0.05) is 25.5 Å². The Balaban J connectivity index is 2.68. The van der Waals surface area contributed by atoms with E-state index in [0.717, 1.165) is 18.6 Å². The fourth-order valence-electron chi connectivity index (χ4n) is 1.65. The van der Waals surface area contributed by atoms with E-state index in [2.05, 4.69) is 33.4 Å². The van der Waals surface area contributed by atoms with E-state index in [9.17, 15) is 0 Å². The van der Waals surface area contributed by atoms with Crippen LogP contribution in [0.5, 0.6) is 5.75 Å². The van der Waals surface area contributed by atoms with Crippen molar-refractivity contribution < 1.29 is 9.84 Å². The fourth-order valence-corrected chi connectivity index (χ4v) is 1.82. The average molecular weight is 255 g/mol. The number of hydrogen-bond acceptors (Lipinski definition) is 2. The number of aliphatic hydroxyl groups excluding tert-OH is 1. The van der Waals surface area contributed by atoms with Gasteiger partial charge in [0, 0.05) is 5.56 Å². The predicted octanol–water partition coefficient (Wildman–Crippen LogP) is 2.47. The Bertz CT molecular complexity index is 327. The minimum absolute atomic E-state index is 0.0294. The molecule has 2 nitrogen and oxygen atoms in total. The Kier molecular flexibility index (Phi) is 5.34. The molecule has 96 valence electrons. The van der Waals surface area contributed by atoms with Crippen LogP contribution in [0.3, 0.4) is 0 Å². The zero-order valence-corrected chi connectivity index (χ0v) is 11.9. The van der Waals surface area contributed by atoms with Gasteiger partial charge < -0.3 is 9.84 Å². The largest absolute Gasteiger partial charge is 0.488 e. The van der Waals surface area contributed by atoms with Crippen molar-refractivity contribution in [1.29, 1.82) is 0 Å². The minimum atomic E-state index is -0.0950. The van der Waals surface area contributed by atoms with E-state index in [0.29, 0.717) is 0 Å². The Morgan fingerprint density at radius 2 is 1.88 bits per heavy atom. The van der Waals surface area contributed by atoms with Crippen LogP contribution >= 0.6 is 0 Å². The van der Waals surface area contributed by atoms with Gasteiger partial charge in [0.25, 0.3) is 0 Å². The van der Waals surface area contributed by atoms with Crippen LogP contribution in [0.4, 0.5) is 0 Å². The average Bonchev–Trinajstić information content (AvgIpc) is 2.28. The molecule has 0 aliphatic heterocycles. The maximum absolute atomic E-state index is 9.17. The molecular formula is C14H23O2S+. The molecular weight excluding hydrogens is 232 g/mol. The van der Waals surface area contributed by atoms with Gasteiger partial charge in [-0.3, -0.25) is 0 Å². The topological polar surface area (TPSA) is 29.5 Å². The van der Waals surface area contributed by atoms with Crippen molar-refractivity contribution in [3.63, 3.8) is 0 Å². The van der Waals surface area contributed by atoms with Crippen molar-refractivity contribution in [2.75, 3.05) is 6.61 Å². The summed E-state index contributed by atoms with van der Waals surface area (Å²) in [6.07, 6.45) is 1.79. The lowest BCUT2D eigenvalue weighted by Crippen LogP contribution is -2.20. The van der Waals surface area contributed by atoms with E-state index in [-0.39, 0.29) is 17.5 Å². The molecule has 0 bridgehead atoms. The lowest BCUT2D eigenvalue weighted by atomic mass is 10.0. The highest BCUT2D eigenvalue weighted by atomic mass is 32.1. The summed E-state index contributed by atoms with van der Waals surface area (Å²) >= 11 is 3.67. The van der Waals surface area contributed by atoms with Crippen LogP contribution in [0.1, 0.15) is 39.2 Å². The van der Waals surface area contributed by atoms with Crippen LogP contribution in [-0.2, 0) is 17.4 Å². The Morgan fingerprint density at radius 3 is 2.29 bits per heavy atom. The first-order chi connectivity index (χ1) is 7.97. The smallest absolute Gasteiger partial charge is 0.143 e. The number of aliphatic hydroxyl groups is 1. The molecule has 0 radical (unpaired) electrons. The molecule has 0 fully saturated rings. The predicted molar refractivity (Wildman–Crippen MR) is 76.0 cm³/mol. The first kappa shape index (κ1) is 14.4. The molecule has 1 rings (SSSR count). The van der Waals surface area contributed by atoms with Crippen molar-refractivity contribution in [3.05, 3.63) is 29.8 Å². The van der Waals surface area contributed by atoms with Gasteiger partial charge in [0.05, 0.1) is 6.61 Å². The summed E-state index contributed by atoms with van der Waals surface area (Å²) in [6, 6.07) is 8.00. The monoisotopic (exact) mass is 255 g/mol. The molecule has 0 aliphatic rings. The van der Waals surface area contributed by atoms with Crippen LogP contribution in [0.2, 0.25) is 0 Å². The normalized spacial score (nSPS) is 13.5. The number of benzene rings is 1. The highest BCUT2D eigenvalue weighted by molar-refractivity contribution is 7.59. The molecule has 3 heteroatoms. The quantitative estimate of drug-likeness (QED) is 0.791. The van der Waals surface area contributed by atoms with E-state index in [4.69, 9.17) is 9.84 Å². The molecule has 17 heavy (non-hydrogen) atoms. The van der Waals surface area contributed by atoms with E-state index in [1.807, 2.05) is 24.3 Å². The summed E-state index contributed by atoms with van der Waals surface area (Å²) < 4.78 is 5.68. The fraction of sp³-hybridized carbons (Fsp3) is 0.571. The third-order valence-electron chi connectivity index (χ3n) is 2.69. The molecule has 1 unspecified atom stereocenters. The van der Waals surface area contributed by atoms with E-state index in [1.54, 1.807) is 0 Å². The maximum Gasteiger partial charge on any atom is 0.143 e. The SMILES string of the molecule is CCCC(CO)Oc1ccc(C(C)(C)[SH2+])cc1. The van der Waals surface area contributed by atoms with Gasteiger partial charge in [-0.2, -0.15) is 0 Å². The zero-order chi connectivity index (χ0) is 12.9. The Morgan fingerprint density at radius 1 is 1.29 bits per heavy atom. The van der Waals surface area contributed by atoms with Crippen LogP contribution in [0.15, 0.2) is 24.3 Å². The number of rotatable bonds is 6. The molecule has 0 spiro atoms. The van der Waals surface area contributed by atoms with E-state index in [1.165, 1.54) is 5.56 Å². The highest BCUT2D eigenvalue weighted by Crippen LogP contribution is 2.24. The minimum Gasteiger partial charge on any atom is -0.488 e. The zero-order valence-electron chi connectivity index (χ0n) is 10.9. The molecule has 1 aromatic rings. The maximum atomic E-state index is 9.17. The first-order valence-electron chi connectivity index (χ1n) is 6.10. The lowest BCUT2D eigenvalue weighted by Gasteiger charge is -2.17. The molecule has 0 aliphatic carbocycles. The van der Waals surface area contributed by atoms with E-state index < -0.39 is 0 Å². The lowest BCUT2D eigenvalue weighted by molar-refractivity contribution is 0.108. The Hall–Kier alpha value is -0.670. The van der Waals surface area contributed by atoms with Crippen LogP contribution in [0, 0.1) is 0 Å². The second-order valence-electron chi connectivity index (χ2n) is 4.86. The summed E-state index contributed by atoms with van der Waals surface area (Å²) in [7, 11) is 0. The van der Waals surface area contributed by atoms with Gasteiger partial charge in [-0.15, -0.1) is 0 Å². The van der Waals surface area contributed by atoms with Crippen LogP contribution in [-0.4, -0.2) is 17.8 Å². The van der Waals surface area contributed by atoms with Gasteiger partial charge in [-0.25, -0.2) is 0 Å². The molecule has 1 N–H and O–H groups in total. The second kappa shape index (κ2) is 6.31. The van der Waals surface area contributed by atoms with Crippen molar-refractivity contribution >= 4 is 12.6 Å². The third-order valence-corrected chi connectivity index (χ3v) is 2.98. The second-order valence-corrected chi connectivity index (χ2v) is 6.11. The summed E-state index contributed by atoms with van der Waals surface area (Å²) in [5.74, 6) is 0.817. The third kappa shape index (κ3) is 4.60. The summed E-state index contributed by atoms with van der Waals surface area (Å²) in [4.78, 5) is 0. The van der Waals surface area contributed by atoms with Gasteiger partial charge in [0.1, 0.15) is 16.6 Å². The summed E-state index contributed by atoms with van der Waals surface area (Å²) in [6.45, 7) is 6.36. The van der Waals surface area contributed by atoms with Crippen LogP contribution < -0.4 is 4.74 Å². The van der Waals surface area contributed by atoms with Crippen molar-refractivity contribution in [2.24, 2.45) is 0 Å². The highest BCUT2D eigenvalue weighted by Gasteiger charge is 2.21. The summed E-state index contributed by atoms with van der Waals surface area (Å²) in [5.41, 5.74) is 1.21.